The van der Waals surface area contributed by atoms with Crippen molar-refractivity contribution >= 4 is 5.97 Å². The van der Waals surface area contributed by atoms with Gasteiger partial charge in [-0.2, -0.15) is 0 Å². The van der Waals surface area contributed by atoms with Crippen molar-refractivity contribution in [2.45, 2.75) is 13.5 Å². The zero-order chi connectivity index (χ0) is 18.4. The Hall–Kier alpha value is -3.28. The van der Waals surface area contributed by atoms with Gasteiger partial charge in [0.05, 0.1) is 7.11 Å². The molecule has 0 atom stereocenters. The Labute approximate surface area is 151 Å². The van der Waals surface area contributed by atoms with Crippen LogP contribution in [0.2, 0.25) is 0 Å². The van der Waals surface area contributed by atoms with Gasteiger partial charge in [-0.3, -0.25) is 0 Å². The highest BCUT2D eigenvalue weighted by molar-refractivity contribution is 5.71. The van der Waals surface area contributed by atoms with Crippen LogP contribution in [0.4, 0.5) is 0 Å². The average molecular weight is 353 g/mol. The van der Waals surface area contributed by atoms with E-state index < -0.39 is 5.97 Å². The van der Waals surface area contributed by atoms with Crippen molar-refractivity contribution in [3.63, 3.8) is 0 Å². The number of methoxy groups -OCH3 is 1. The van der Waals surface area contributed by atoms with Gasteiger partial charge in [0.1, 0.15) is 23.8 Å². The molecule has 0 spiro atoms. The van der Waals surface area contributed by atoms with Gasteiger partial charge in [0, 0.05) is 11.6 Å². The Kier molecular flexibility index (Phi) is 5.53. The summed E-state index contributed by atoms with van der Waals surface area (Å²) in [6, 6.07) is 16.6. The van der Waals surface area contributed by atoms with Crippen molar-refractivity contribution in [1.82, 2.24) is 5.16 Å². The number of benzene rings is 2. The molecule has 6 heteroatoms. The summed E-state index contributed by atoms with van der Waals surface area (Å²) >= 11 is 0. The number of carbonyl (C=O) groups is 1. The van der Waals surface area contributed by atoms with Crippen molar-refractivity contribution in [3.8, 4) is 22.8 Å². The minimum Gasteiger partial charge on any atom is -0.497 e. The van der Waals surface area contributed by atoms with Crippen LogP contribution < -0.4 is 9.47 Å². The van der Waals surface area contributed by atoms with E-state index in [0.717, 1.165) is 16.9 Å². The third kappa shape index (κ3) is 4.63. The topological polar surface area (TPSA) is 70.8 Å². The molecule has 26 heavy (non-hydrogen) atoms. The van der Waals surface area contributed by atoms with E-state index in [2.05, 4.69) is 5.16 Å². The van der Waals surface area contributed by atoms with E-state index in [1.807, 2.05) is 49.4 Å². The van der Waals surface area contributed by atoms with Gasteiger partial charge < -0.3 is 18.7 Å². The highest BCUT2D eigenvalue weighted by Gasteiger charge is 2.11. The molecule has 0 aliphatic rings. The fourth-order valence-electron chi connectivity index (χ4n) is 2.34. The molecule has 1 aromatic heterocycles. The maximum absolute atomic E-state index is 11.8. The molecule has 2 aromatic carbocycles. The average Bonchev–Trinajstić information content (AvgIpc) is 3.14. The number of esters is 1. The third-order valence-electron chi connectivity index (χ3n) is 3.64. The minimum absolute atomic E-state index is 0.0173. The second-order valence-corrected chi connectivity index (χ2v) is 5.68. The Bertz CT molecular complexity index is 887. The first-order chi connectivity index (χ1) is 12.6. The molecule has 0 saturated carbocycles. The number of aryl methyl sites for hydroxylation is 1. The standard InChI is InChI=1S/C20H19NO5/c1-14-5-3-8-18(9-14)24-13-20(22)25-12-16-11-19(26-21-16)15-6-4-7-17(10-15)23-2/h3-11H,12-13H2,1-2H3. The Morgan fingerprint density at radius 2 is 1.88 bits per heavy atom. The summed E-state index contributed by atoms with van der Waals surface area (Å²) in [5.41, 5.74) is 2.41. The van der Waals surface area contributed by atoms with E-state index in [-0.39, 0.29) is 13.2 Å². The van der Waals surface area contributed by atoms with Crippen LogP contribution in [-0.2, 0) is 16.1 Å². The molecule has 1 heterocycles. The predicted molar refractivity (Wildman–Crippen MR) is 95.0 cm³/mol. The van der Waals surface area contributed by atoms with Gasteiger partial charge in [0.25, 0.3) is 0 Å². The lowest BCUT2D eigenvalue weighted by molar-refractivity contribution is -0.147. The lowest BCUT2D eigenvalue weighted by Crippen LogP contribution is -2.14. The van der Waals surface area contributed by atoms with Gasteiger partial charge in [-0.05, 0) is 36.8 Å². The van der Waals surface area contributed by atoms with Gasteiger partial charge in [0.15, 0.2) is 12.4 Å². The Morgan fingerprint density at radius 1 is 1.08 bits per heavy atom. The summed E-state index contributed by atoms with van der Waals surface area (Å²) in [4.78, 5) is 11.8. The number of nitrogens with zero attached hydrogens (tertiary/aromatic N) is 1. The minimum atomic E-state index is -0.475. The van der Waals surface area contributed by atoms with E-state index in [1.54, 1.807) is 19.2 Å². The Balaban J connectivity index is 1.52. The summed E-state index contributed by atoms with van der Waals surface area (Å²) in [5.74, 6) is 1.45. The number of ether oxygens (including phenoxy) is 3. The molecule has 0 amide bonds. The van der Waals surface area contributed by atoms with Crippen LogP contribution in [0.25, 0.3) is 11.3 Å². The smallest absolute Gasteiger partial charge is 0.344 e. The molecule has 3 aromatic rings. The zero-order valence-electron chi connectivity index (χ0n) is 14.6. The maximum atomic E-state index is 11.8. The van der Waals surface area contributed by atoms with Crippen molar-refractivity contribution in [1.29, 1.82) is 0 Å². The summed E-state index contributed by atoms with van der Waals surface area (Å²) in [7, 11) is 1.60. The fourth-order valence-corrected chi connectivity index (χ4v) is 2.34. The quantitative estimate of drug-likeness (QED) is 0.602. The second-order valence-electron chi connectivity index (χ2n) is 5.68. The van der Waals surface area contributed by atoms with Crippen LogP contribution in [-0.4, -0.2) is 24.8 Å². The molecule has 0 bridgehead atoms. The lowest BCUT2D eigenvalue weighted by atomic mass is 10.1. The number of rotatable bonds is 7. The van der Waals surface area contributed by atoms with Gasteiger partial charge in [-0.1, -0.05) is 29.4 Å². The molecule has 3 rings (SSSR count). The van der Waals surface area contributed by atoms with Crippen LogP contribution in [0.15, 0.2) is 59.1 Å². The molecule has 6 nitrogen and oxygen atoms in total. The molecule has 0 unspecified atom stereocenters. The van der Waals surface area contributed by atoms with E-state index >= 15 is 0 Å². The molecule has 0 fully saturated rings. The lowest BCUT2D eigenvalue weighted by Gasteiger charge is -2.06. The van der Waals surface area contributed by atoms with Gasteiger partial charge >= 0.3 is 5.97 Å². The van der Waals surface area contributed by atoms with Crippen LogP contribution in [0.5, 0.6) is 11.5 Å². The van der Waals surface area contributed by atoms with Gasteiger partial charge in [0.2, 0.25) is 0 Å². The Morgan fingerprint density at radius 3 is 2.69 bits per heavy atom. The summed E-state index contributed by atoms with van der Waals surface area (Å²) in [6.45, 7) is 1.81. The molecule has 0 aliphatic carbocycles. The highest BCUT2D eigenvalue weighted by Crippen LogP contribution is 2.24. The summed E-state index contributed by atoms with van der Waals surface area (Å²) < 4.78 is 21.1. The zero-order valence-corrected chi connectivity index (χ0v) is 14.6. The van der Waals surface area contributed by atoms with Crippen molar-refractivity contribution in [2.75, 3.05) is 13.7 Å². The number of hydrogen-bond donors (Lipinski definition) is 0. The van der Waals surface area contributed by atoms with Crippen LogP contribution in [0.3, 0.4) is 0 Å². The second kappa shape index (κ2) is 8.20. The molecule has 134 valence electrons. The van der Waals surface area contributed by atoms with Crippen molar-refractivity contribution in [2.24, 2.45) is 0 Å². The number of hydrogen-bond acceptors (Lipinski definition) is 6. The molecular weight excluding hydrogens is 334 g/mol. The van der Waals surface area contributed by atoms with Crippen LogP contribution in [0, 0.1) is 6.92 Å². The van der Waals surface area contributed by atoms with Crippen LogP contribution in [0.1, 0.15) is 11.3 Å². The summed E-state index contributed by atoms with van der Waals surface area (Å²) in [6.07, 6.45) is 0. The number of aromatic nitrogens is 1. The molecule has 0 aliphatic heterocycles. The monoisotopic (exact) mass is 353 g/mol. The molecule has 0 radical (unpaired) electrons. The first kappa shape index (κ1) is 17.5. The largest absolute Gasteiger partial charge is 0.497 e. The molecule has 0 saturated heterocycles. The van der Waals surface area contributed by atoms with E-state index in [4.69, 9.17) is 18.7 Å². The van der Waals surface area contributed by atoms with E-state index in [1.165, 1.54) is 0 Å². The third-order valence-corrected chi connectivity index (χ3v) is 3.64. The first-order valence-electron chi connectivity index (χ1n) is 8.09. The molecule has 0 N–H and O–H groups in total. The van der Waals surface area contributed by atoms with Gasteiger partial charge in [-0.15, -0.1) is 0 Å². The maximum Gasteiger partial charge on any atom is 0.344 e. The fraction of sp³-hybridized carbons (Fsp3) is 0.200. The normalized spacial score (nSPS) is 10.4. The number of carbonyl (C=O) groups excluding carboxylic acids is 1. The van der Waals surface area contributed by atoms with E-state index in [0.29, 0.717) is 17.2 Å². The van der Waals surface area contributed by atoms with Crippen molar-refractivity contribution in [3.05, 3.63) is 65.9 Å². The molecular formula is C20H19NO5. The van der Waals surface area contributed by atoms with Crippen LogP contribution >= 0.6 is 0 Å². The highest BCUT2D eigenvalue weighted by atomic mass is 16.6. The first-order valence-corrected chi connectivity index (χ1v) is 8.09. The van der Waals surface area contributed by atoms with Crippen molar-refractivity contribution < 1.29 is 23.5 Å². The van der Waals surface area contributed by atoms with E-state index in [9.17, 15) is 4.79 Å². The predicted octanol–water partition coefficient (Wildman–Crippen LogP) is 3.78. The SMILES string of the molecule is COc1cccc(-c2cc(COC(=O)COc3cccc(C)c3)no2)c1. The van der Waals surface area contributed by atoms with Gasteiger partial charge in [-0.25, -0.2) is 4.79 Å². The summed E-state index contributed by atoms with van der Waals surface area (Å²) in [5, 5.41) is 3.92.